The second-order valence-corrected chi connectivity index (χ2v) is 5.93. The van der Waals surface area contributed by atoms with Gasteiger partial charge in [-0.15, -0.1) is 0 Å². The van der Waals surface area contributed by atoms with Crippen molar-refractivity contribution in [3.8, 4) is 5.75 Å². The van der Waals surface area contributed by atoms with Crippen LogP contribution in [0, 0.1) is 21.8 Å². The first-order valence-corrected chi connectivity index (χ1v) is 7.49. The maximum atomic E-state index is 14.2. The molecule has 0 spiro atoms. The number of aryl methyl sites for hydroxylation is 1. The van der Waals surface area contributed by atoms with E-state index in [0.717, 1.165) is 12.0 Å². The molecule has 0 aromatic heterocycles. The lowest BCUT2D eigenvalue weighted by Crippen LogP contribution is -2.23. The number of phenols is 1. The van der Waals surface area contributed by atoms with E-state index in [1.807, 2.05) is 0 Å². The fraction of sp³-hybridized carbons (Fsp3) is 0.294. The van der Waals surface area contributed by atoms with Crippen LogP contribution in [-0.2, 0) is 6.42 Å². The highest BCUT2D eigenvalue weighted by Crippen LogP contribution is 2.41. The summed E-state index contributed by atoms with van der Waals surface area (Å²) in [6, 6.07) is 9.20. The summed E-state index contributed by atoms with van der Waals surface area (Å²) in [5.74, 6) is -0.460. The summed E-state index contributed by atoms with van der Waals surface area (Å²) in [5, 5.41) is 21.0. The molecule has 0 amide bonds. The standard InChI is InChI=1S/C17H17FN2O3/c1-11-6-7-12-8-16(20(22)23)17(21)9-15(12)19(10-11)14-5-3-2-4-13(14)18/h2-5,8-9,11,21H,6-7,10H2,1H3. The minimum absolute atomic E-state index is 0.295. The molecule has 5 nitrogen and oxygen atoms in total. The van der Waals surface area contributed by atoms with Crippen LogP contribution < -0.4 is 4.90 Å². The Labute approximate surface area is 133 Å². The molecule has 2 aromatic carbocycles. The third-order valence-corrected chi connectivity index (χ3v) is 4.21. The predicted molar refractivity (Wildman–Crippen MR) is 85.7 cm³/mol. The summed E-state index contributed by atoms with van der Waals surface area (Å²) in [7, 11) is 0. The molecular formula is C17H17FN2O3. The molecule has 1 aliphatic heterocycles. The first-order chi connectivity index (χ1) is 11.0. The normalized spacial score (nSPS) is 17.5. The highest BCUT2D eigenvalue weighted by Gasteiger charge is 2.26. The molecule has 0 saturated carbocycles. The second-order valence-electron chi connectivity index (χ2n) is 5.93. The predicted octanol–water partition coefficient (Wildman–Crippen LogP) is 4.16. The molecular weight excluding hydrogens is 299 g/mol. The average molecular weight is 316 g/mol. The summed E-state index contributed by atoms with van der Waals surface area (Å²) in [6.07, 6.45) is 1.50. The van der Waals surface area contributed by atoms with E-state index in [9.17, 15) is 19.6 Å². The first kappa shape index (κ1) is 15.3. The number of phenolic OH excluding ortho intramolecular Hbond substituents is 1. The van der Waals surface area contributed by atoms with E-state index in [1.54, 1.807) is 23.1 Å². The molecule has 23 heavy (non-hydrogen) atoms. The van der Waals surface area contributed by atoms with Gasteiger partial charge in [0, 0.05) is 24.4 Å². The van der Waals surface area contributed by atoms with Crippen LogP contribution in [0.4, 0.5) is 21.5 Å². The first-order valence-electron chi connectivity index (χ1n) is 7.49. The summed E-state index contributed by atoms with van der Waals surface area (Å²) >= 11 is 0. The van der Waals surface area contributed by atoms with Gasteiger partial charge in [-0.2, -0.15) is 0 Å². The lowest BCUT2D eigenvalue weighted by atomic mass is 10.0. The van der Waals surface area contributed by atoms with Gasteiger partial charge in [-0.05, 0) is 36.5 Å². The molecule has 0 fully saturated rings. The highest BCUT2D eigenvalue weighted by molar-refractivity contribution is 5.72. The van der Waals surface area contributed by atoms with E-state index >= 15 is 0 Å². The Hall–Kier alpha value is -2.63. The van der Waals surface area contributed by atoms with Gasteiger partial charge in [-0.25, -0.2) is 4.39 Å². The number of fused-ring (bicyclic) bond motifs is 1. The van der Waals surface area contributed by atoms with E-state index < -0.39 is 10.7 Å². The van der Waals surface area contributed by atoms with Crippen LogP contribution in [0.3, 0.4) is 0 Å². The molecule has 0 aliphatic carbocycles. The summed E-state index contributed by atoms with van der Waals surface area (Å²) in [6.45, 7) is 2.65. The van der Waals surface area contributed by atoms with Crippen LogP contribution in [0.1, 0.15) is 18.9 Å². The van der Waals surface area contributed by atoms with Crippen molar-refractivity contribution in [1.82, 2.24) is 0 Å². The number of aromatic hydroxyl groups is 1. The Morgan fingerprint density at radius 3 is 2.74 bits per heavy atom. The molecule has 1 N–H and O–H groups in total. The lowest BCUT2D eigenvalue weighted by molar-refractivity contribution is -0.385. The zero-order valence-electron chi connectivity index (χ0n) is 12.7. The Kier molecular flexibility index (Phi) is 3.90. The van der Waals surface area contributed by atoms with Gasteiger partial charge in [0.1, 0.15) is 5.82 Å². The third kappa shape index (κ3) is 2.84. The quantitative estimate of drug-likeness (QED) is 0.667. The maximum Gasteiger partial charge on any atom is 0.311 e. The van der Waals surface area contributed by atoms with Crippen LogP contribution in [0.2, 0.25) is 0 Å². The molecule has 0 saturated heterocycles. The van der Waals surface area contributed by atoms with Crippen LogP contribution in [0.15, 0.2) is 36.4 Å². The molecule has 6 heteroatoms. The van der Waals surface area contributed by atoms with Crippen molar-refractivity contribution in [3.05, 3.63) is 57.9 Å². The van der Waals surface area contributed by atoms with Gasteiger partial charge in [0.25, 0.3) is 0 Å². The number of nitrogens with zero attached hydrogens (tertiary/aromatic N) is 2. The van der Waals surface area contributed by atoms with Gasteiger partial charge in [0.15, 0.2) is 5.75 Å². The van der Waals surface area contributed by atoms with E-state index in [0.29, 0.717) is 30.3 Å². The molecule has 2 aromatic rings. The van der Waals surface area contributed by atoms with Crippen molar-refractivity contribution in [2.75, 3.05) is 11.4 Å². The van der Waals surface area contributed by atoms with E-state index in [1.165, 1.54) is 18.2 Å². The van der Waals surface area contributed by atoms with E-state index in [-0.39, 0.29) is 11.5 Å². The number of rotatable bonds is 2. The summed E-state index contributed by atoms with van der Waals surface area (Å²) in [4.78, 5) is 12.2. The topological polar surface area (TPSA) is 66.6 Å². The Bertz CT molecular complexity index is 763. The van der Waals surface area contributed by atoms with E-state index in [2.05, 4.69) is 6.92 Å². The number of para-hydroxylation sites is 1. The SMILES string of the molecule is CC1CCc2cc([N+](=O)[O-])c(O)cc2N(c2ccccc2F)C1. The number of halogens is 1. The van der Waals surface area contributed by atoms with Crippen molar-refractivity contribution in [1.29, 1.82) is 0 Å². The Morgan fingerprint density at radius 2 is 2.04 bits per heavy atom. The van der Waals surface area contributed by atoms with Gasteiger partial charge < -0.3 is 10.0 Å². The monoisotopic (exact) mass is 316 g/mol. The number of nitro groups is 1. The molecule has 0 bridgehead atoms. The smallest absolute Gasteiger partial charge is 0.311 e. The zero-order chi connectivity index (χ0) is 16.6. The summed E-state index contributed by atoms with van der Waals surface area (Å²) < 4.78 is 14.2. The molecule has 1 aliphatic rings. The minimum Gasteiger partial charge on any atom is -0.502 e. The molecule has 1 atom stereocenters. The third-order valence-electron chi connectivity index (χ3n) is 4.21. The van der Waals surface area contributed by atoms with Crippen molar-refractivity contribution < 1.29 is 14.4 Å². The van der Waals surface area contributed by atoms with Crippen LogP contribution in [0.25, 0.3) is 0 Å². The number of hydrogen-bond donors (Lipinski definition) is 1. The van der Waals surface area contributed by atoms with Crippen LogP contribution in [0.5, 0.6) is 5.75 Å². The van der Waals surface area contributed by atoms with Gasteiger partial charge in [0.2, 0.25) is 0 Å². The molecule has 1 unspecified atom stereocenters. The fourth-order valence-corrected chi connectivity index (χ4v) is 3.01. The van der Waals surface area contributed by atoms with E-state index in [4.69, 9.17) is 0 Å². The van der Waals surface area contributed by atoms with Crippen molar-refractivity contribution in [2.24, 2.45) is 5.92 Å². The van der Waals surface area contributed by atoms with Crippen molar-refractivity contribution in [3.63, 3.8) is 0 Å². The number of anilines is 2. The number of hydrogen-bond acceptors (Lipinski definition) is 4. The molecule has 0 radical (unpaired) electrons. The number of benzene rings is 2. The van der Waals surface area contributed by atoms with Crippen LogP contribution in [-0.4, -0.2) is 16.6 Å². The number of nitro benzene ring substituents is 1. The summed E-state index contributed by atoms with van der Waals surface area (Å²) in [5.41, 5.74) is 1.48. The lowest BCUT2D eigenvalue weighted by Gasteiger charge is -2.27. The Balaban J connectivity index is 2.17. The average Bonchev–Trinajstić information content (AvgIpc) is 2.66. The van der Waals surface area contributed by atoms with Gasteiger partial charge in [-0.3, -0.25) is 10.1 Å². The van der Waals surface area contributed by atoms with Gasteiger partial charge in [-0.1, -0.05) is 19.1 Å². The van der Waals surface area contributed by atoms with Crippen LogP contribution >= 0.6 is 0 Å². The van der Waals surface area contributed by atoms with Gasteiger partial charge >= 0.3 is 5.69 Å². The molecule has 1 heterocycles. The maximum absolute atomic E-state index is 14.2. The van der Waals surface area contributed by atoms with Crippen molar-refractivity contribution in [2.45, 2.75) is 19.8 Å². The second kappa shape index (κ2) is 5.87. The molecule has 3 rings (SSSR count). The minimum atomic E-state index is -0.600. The molecule has 120 valence electrons. The zero-order valence-corrected chi connectivity index (χ0v) is 12.7. The van der Waals surface area contributed by atoms with Gasteiger partial charge in [0.05, 0.1) is 10.6 Å². The fourth-order valence-electron chi connectivity index (χ4n) is 3.01. The Morgan fingerprint density at radius 1 is 1.30 bits per heavy atom. The van der Waals surface area contributed by atoms with Crippen molar-refractivity contribution >= 4 is 17.1 Å². The highest BCUT2D eigenvalue weighted by atomic mass is 19.1. The largest absolute Gasteiger partial charge is 0.502 e.